The topological polar surface area (TPSA) is 427 Å². The lowest BCUT2D eigenvalue weighted by atomic mass is 9.94. The van der Waals surface area contributed by atoms with Crippen LogP contribution in [-0.4, -0.2) is 232 Å². The lowest BCUT2D eigenvalue weighted by Gasteiger charge is -2.51. The molecule has 0 radical (unpaired) electrons. The first-order valence-electron chi connectivity index (χ1n) is 25.6. The summed E-state index contributed by atoms with van der Waals surface area (Å²) in [6.45, 7) is 8.90. The van der Waals surface area contributed by atoms with Crippen LogP contribution in [0.25, 0.3) is 0 Å². The number of hydrogen-bond acceptors (Lipinski definition) is 34. The summed E-state index contributed by atoms with van der Waals surface area (Å²) >= 11 is 0. The molecule has 4 aliphatic rings. The maximum atomic E-state index is 13.2. The van der Waals surface area contributed by atoms with Gasteiger partial charge >= 0.3 is 77.6 Å². The van der Waals surface area contributed by atoms with E-state index < -0.39 is 227 Å². The molecule has 34 nitrogen and oxygen atoms in total. The molecule has 4 saturated heterocycles. The Labute approximate surface area is 478 Å². The van der Waals surface area contributed by atoms with Gasteiger partial charge in [-0.3, -0.25) is 62.3 Å². The van der Waals surface area contributed by atoms with Gasteiger partial charge in [0.05, 0.1) is 0 Å². The van der Waals surface area contributed by atoms with Gasteiger partial charge in [0.1, 0.15) is 69.2 Å². The van der Waals surface area contributed by atoms with E-state index in [-0.39, 0.29) is 0 Å². The molecule has 472 valence electrons. The van der Waals surface area contributed by atoms with E-state index in [9.17, 15) is 67.4 Å². The first-order chi connectivity index (χ1) is 39.3. The quantitative estimate of drug-likeness (QED) is 0.0828. The molecule has 4 rings (SSSR count). The maximum absolute atomic E-state index is 13.2. The Bertz CT molecular complexity index is 2410. The van der Waals surface area contributed by atoms with Gasteiger partial charge in [-0.25, -0.2) is 0 Å². The Morgan fingerprint density at radius 1 is 0.250 bits per heavy atom. The van der Waals surface area contributed by atoms with Gasteiger partial charge in [-0.05, 0) is 0 Å². The zero-order valence-electron chi connectivity index (χ0n) is 47.8. The molecular weight excluding hydrogens is 1140 g/mol. The highest BCUT2D eigenvalue weighted by Gasteiger charge is 2.61. The Balaban J connectivity index is 1.97. The molecule has 1 N–H and O–H groups in total. The second-order valence-electron chi connectivity index (χ2n) is 18.9. The van der Waals surface area contributed by atoms with Crippen LogP contribution in [0.1, 0.15) is 90.0 Å². The van der Waals surface area contributed by atoms with Crippen LogP contribution in [0.15, 0.2) is 0 Å². The molecule has 0 amide bonds. The molecule has 0 saturated carbocycles. The zero-order chi connectivity index (χ0) is 63.0. The lowest BCUT2D eigenvalue weighted by molar-refractivity contribution is -0.388. The largest absolute Gasteiger partial charge is 0.463 e. The molecule has 2 unspecified atom stereocenters. The second kappa shape index (κ2) is 31.6. The molecule has 0 aliphatic carbocycles. The molecule has 0 aromatic carbocycles. The predicted molar refractivity (Wildman–Crippen MR) is 258 cm³/mol. The Hall–Kier alpha value is -7.21. The van der Waals surface area contributed by atoms with Gasteiger partial charge < -0.3 is 99.8 Å². The van der Waals surface area contributed by atoms with E-state index in [0.717, 1.165) is 90.0 Å². The number of hydrogen-bond donors (Lipinski definition) is 1. The molecule has 0 spiro atoms. The van der Waals surface area contributed by atoms with Gasteiger partial charge in [0.15, 0.2) is 80.1 Å². The third kappa shape index (κ3) is 20.5. The van der Waals surface area contributed by atoms with Crippen LogP contribution in [0.4, 0.5) is 0 Å². The SMILES string of the molecule is CC(=O)OC[C@@H]1O[C@@H](O[C@@H]2[C@H](OC(C)=O)[C@H](OC(C)=O)[C@@H](O[C@H]3[C@@H](OC(C)=O)[C@H](OC(C)=O)[C@H](O[C@H]4[C@@H](OC(C)=O)[C@H](OC(C)=O)C(O)O[C@@H]4COC(C)=O)O[C@@H]3COC(C)=O)O[C@@H]2COC(C)=O)C(OC(C)=O)[C@@H](OC(C)=O)[C@@H]1OC(C)=O. The minimum Gasteiger partial charge on any atom is -0.463 e. The molecular formula is C50H68O34. The van der Waals surface area contributed by atoms with Crippen molar-refractivity contribution in [1.29, 1.82) is 0 Å². The fraction of sp³-hybridized carbons (Fsp3) is 0.740. The van der Waals surface area contributed by atoms with Gasteiger partial charge in [0.2, 0.25) is 0 Å². The monoisotopic (exact) mass is 1210 g/mol. The first-order valence-corrected chi connectivity index (χ1v) is 25.6. The molecule has 0 aromatic rings. The summed E-state index contributed by atoms with van der Waals surface area (Å²) in [5.74, 6) is -13.5. The van der Waals surface area contributed by atoms with Crippen LogP contribution in [-0.2, 0) is 157 Å². The molecule has 4 fully saturated rings. The fourth-order valence-electron chi connectivity index (χ4n) is 9.06. The molecule has 0 bridgehead atoms. The van der Waals surface area contributed by atoms with E-state index >= 15 is 0 Å². The fourth-order valence-corrected chi connectivity index (χ4v) is 9.06. The minimum atomic E-state index is -2.21. The maximum Gasteiger partial charge on any atom is 0.303 e. The van der Waals surface area contributed by atoms with E-state index in [4.69, 9.17) is 94.7 Å². The third-order valence-electron chi connectivity index (χ3n) is 11.8. The van der Waals surface area contributed by atoms with Crippen molar-refractivity contribution < 1.29 is 162 Å². The third-order valence-corrected chi connectivity index (χ3v) is 11.8. The molecule has 4 aliphatic heterocycles. The van der Waals surface area contributed by atoms with E-state index in [0.29, 0.717) is 0 Å². The zero-order valence-corrected chi connectivity index (χ0v) is 47.8. The number of carbonyl (C=O) groups is 13. The van der Waals surface area contributed by atoms with Crippen LogP contribution in [0.3, 0.4) is 0 Å². The van der Waals surface area contributed by atoms with Crippen molar-refractivity contribution in [2.24, 2.45) is 0 Å². The molecule has 4 heterocycles. The van der Waals surface area contributed by atoms with Crippen LogP contribution in [0, 0.1) is 0 Å². The van der Waals surface area contributed by atoms with E-state index in [1.54, 1.807) is 0 Å². The average molecular weight is 1210 g/mol. The van der Waals surface area contributed by atoms with Crippen LogP contribution in [0.5, 0.6) is 0 Å². The van der Waals surface area contributed by atoms with Crippen molar-refractivity contribution in [1.82, 2.24) is 0 Å². The Kier molecular flexibility index (Phi) is 26.1. The number of aliphatic hydroxyl groups excluding tert-OH is 1. The summed E-state index contributed by atoms with van der Waals surface area (Å²) in [6, 6.07) is 0. The standard InChI is InChI=1S/C50H68O34/c1-18(51)65-14-31-36(39(70-23(6)56)43(47(64)78-31)74-27(10)60)82-49-45(76-29(12)62)41(72-25(8)58)38(33(80-49)16-67-20(3)53)84-50-46(77-30(13)63)42(73-26(9)59)37(34(81-50)17-68-21(4)54)83-48-44(75-28(11)61)40(71-24(7)57)35(69-22(5)55)32(79-48)15-66-19(2)52/h31-50,64H,14-17H2,1-13H3/t31-,32+,33-,34-,35-,36-,37+,38-,39-,40+,41-,42+,43+,44?,45+,46+,47?,48+,49+,50-/m1/s1. The van der Waals surface area contributed by atoms with Crippen LogP contribution >= 0.6 is 0 Å². The van der Waals surface area contributed by atoms with Crippen LogP contribution in [0.2, 0.25) is 0 Å². The Morgan fingerprint density at radius 2 is 0.440 bits per heavy atom. The van der Waals surface area contributed by atoms with Crippen molar-refractivity contribution in [3.05, 3.63) is 0 Å². The molecule has 84 heavy (non-hydrogen) atoms. The summed E-state index contributed by atoms with van der Waals surface area (Å²) in [4.78, 5) is 165. The van der Waals surface area contributed by atoms with E-state index in [2.05, 4.69) is 0 Å². The normalized spacial score (nSPS) is 32.7. The number of carbonyl (C=O) groups excluding carboxylic acids is 13. The molecule has 20 atom stereocenters. The summed E-state index contributed by atoms with van der Waals surface area (Å²) in [5, 5.41) is 11.0. The van der Waals surface area contributed by atoms with Crippen molar-refractivity contribution in [3.8, 4) is 0 Å². The highest BCUT2D eigenvalue weighted by molar-refractivity contribution is 5.71. The number of aliphatic hydroxyl groups is 1. The first kappa shape index (κ1) is 69.3. The number of rotatable bonds is 23. The Morgan fingerprint density at radius 3 is 0.690 bits per heavy atom. The van der Waals surface area contributed by atoms with E-state index in [1.807, 2.05) is 0 Å². The van der Waals surface area contributed by atoms with Crippen molar-refractivity contribution in [2.45, 2.75) is 213 Å². The number of ether oxygens (including phenoxy) is 20. The van der Waals surface area contributed by atoms with E-state index in [1.165, 1.54) is 0 Å². The van der Waals surface area contributed by atoms with Gasteiger partial charge in [-0.2, -0.15) is 0 Å². The average Bonchev–Trinajstić information content (AvgIpc) is 3.34. The lowest BCUT2D eigenvalue weighted by Crippen LogP contribution is -2.69. The smallest absolute Gasteiger partial charge is 0.303 e. The summed E-state index contributed by atoms with van der Waals surface area (Å²) in [6.07, 6.45) is -39.0. The summed E-state index contributed by atoms with van der Waals surface area (Å²) in [5.41, 5.74) is 0. The minimum absolute atomic E-state index is 0.745. The summed E-state index contributed by atoms with van der Waals surface area (Å²) < 4.78 is 115. The molecule has 34 heteroatoms. The summed E-state index contributed by atoms with van der Waals surface area (Å²) in [7, 11) is 0. The van der Waals surface area contributed by atoms with Gasteiger partial charge in [0, 0.05) is 90.0 Å². The van der Waals surface area contributed by atoms with Crippen molar-refractivity contribution in [3.63, 3.8) is 0 Å². The predicted octanol–water partition coefficient (Wildman–Crippen LogP) is -2.33. The second-order valence-corrected chi connectivity index (χ2v) is 18.9. The number of esters is 13. The van der Waals surface area contributed by atoms with Gasteiger partial charge in [-0.15, -0.1) is 0 Å². The van der Waals surface area contributed by atoms with Crippen LogP contribution < -0.4 is 0 Å². The highest BCUT2D eigenvalue weighted by atomic mass is 16.8. The molecule has 0 aromatic heterocycles. The van der Waals surface area contributed by atoms with Crippen molar-refractivity contribution >= 4 is 77.6 Å². The van der Waals surface area contributed by atoms with Gasteiger partial charge in [-0.1, -0.05) is 0 Å². The van der Waals surface area contributed by atoms with Gasteiger partial charge in [0.25, 0.3) is 0 Å². The highest BCUT2D eigenvalue weighted by Crippen LogP contribution is 2.40. The van der Waals surface area contributed by atoms with Crippen molar-refractivity contribution in [2.75, 3.05) is 26.4 Å².